The van der Waals surface area contributed by atoms with Crippen LogP contribution in [0.5, 0.6) is 5.75 Å². The summed E-state index contributed by atoms with van der Waals surface area (Å²) in [4.78, 5) is 16.3. The first kappa shape index (κ1) is 15.0. The van der Waals surface area contributed by atoms with Crippen molar-refractivity contribution in [3.8, 4) is 5.75 Å². The lowest BCUT2D eigenvalue weighted by Crippen LogP contribution is -2.24. The number of aryl methyl sites for hydroxylation is 1. The van der Waals surface area contributed by atoms with Gasteiger partial charge in [0.15, 0.2) is 11.6 Å². The van der Waals surface area contributed by atoms with Crippen LogP contribution >= 0.6 is 0 Å². The van der Waals surface area contributed by atoms with Crippen LogP contribution in [0.25, 0.3) is 6.08 Å². The Bertz CT molecular complexity index is 823. The van der Waals surface area contributed by atoms with E-state index < -0.39 is 5.82 Å². The Kier molecular flexibility index (Phi) is 3.93. The van der Waals surface area contributed by atoms with Gasteiger partial charge in [-0.2, -0.15) is 0 Å². The number of hydrogen-bond donors (Lipinski definition) is 1. The number of hydrogen-bond acceptors (Lipinski definition) is 3. The third kappa shape index (κ3) is 3.13. The first-order chi connectivity index (χ1) is 11.1. The number of amides is 1. The standard InChI is InChI=1S/C18H15FN2O2/c1-11-3-6-13(7-4-11)17-20-15(18(22)21-17)10-12-5-8-16(23-2)14(19)9-12/h3-10H,1-2H3,(H,20,21,22)/b15-10+. The number of rotatable bonds is 3. The number of amidine groups is 1. The average Bonchev–Trinajstić information content (AvgIpc) is 2.89. The first-order valence-corrected chi connectivity index (χ1v) is 7.09. The van der Waals surface area contributed by atoms with E-state index in [0.717, 1.165) is 11.1 Å². The second kappa shape index (κ2) is 6.04. The lowest BCUT2D eigenvalue weighted by atomic mass is 10.1. The zero-order chi connectivity index (χ0) is 16.4. The van der Waals surface area contributed by atoms with Gasteiger partial charge >= 0.3 is 0 Å². The van der Waals surface area contributed by atoms with Crippen LogP contribution < -0.4 is 10.1 Å². The topological polar surface area (TPSA) is 50.7 Å². The molecule has 3 rings (SSSR count). The molecule has 0 aliphatic carbocycles. The maximum absolute atomic E-state index is 13.7. The molecular formula is C18H15FN2O2. The van der Waals surface area contributed by atoms with Crippen LogP contribution in [-0.2, 0) is 4.79 Å². The Hall–Kier alpha value is -2.95. The van der Waals surface area contributed by atoms with Crippen molar-refractivity contribution in [2.24, 2.45) is 4.99 Å². The summed E-state index contributed by atoms with van der Waals surface area (Å²) in [6, 6.07) is 12.2. The lowest BCUT2D eigenvalue weighted by Gasteiger charge is -2.02. The van der Waals surface area contributed by atoms with Gasteiger partial charge in [-0.25, -0.2) is 9.38 Å². The molecule has 1 heterocycles. The summed E-state index contributed by atoms with van der Waals surface area (Å²) >= 11 is 0. The number of nitrogens with zero attached hydrogens (tertiary/aromatic N) is 1. The minimum atomic E-state index is -0.483. The van der Waals surface area contributed by atoms with Crippen molar-refractivity contribution in [1.82, 2.24) is 5.32 Å². The molecule has 0 fully saturated rings. The van der Waals surface area contributed by atoms with Crippen molar-refractivity contribution in [1.29, 1.82) is 0 Å². The van der Waals surface area contributed by atoms with Gasteiger partial charge in [-0.3, -0.25) is 4.79 Å². The molecule has 2 aromatic rings. The summed E-state index contributed by atoms with van der Waals surface area (Å²) in [6.45, 7) is 1.99. The highest BCUT2D eigenvalue weighted by atomic mass is 19.1. The molecule has 1 aliphatic rings. The molecule has 0 unspecified atom stereocenters. The van der Waals surface area contributed by atoms with E-state index in [4.69, 9.17) is 4.74 Å². The number of methoxy groups -OCH3 is 1. The maximum atomic E-state index is 13.7. The zero-order valence-corrected chi connectivity index (χ0v) is 12.8. The SMILES string of the molecule is COc1ccc(/C=C2/N=C(c3ccc(C)cc3)NC2=O)cc1F. The van der Waals surface area contributed by atoms with Crippen LogP contribution in [0.15, 0.2) is 53.2 Å². The number of benzene rings is 2. The fourth-order valence-corrected chi connectivity index (χ4v) is 2.25. The van der Waals surface area contributed by atoms with E-state index >= 15 is 0 Å². The quantitative estimate of drug-likeness (QED) is 0.886. The number of aliphatic imine (C=N–C) groups is 1. The third-order valence-electron chi connectivity index (χ3n) is 3.50. The summed E-state index contributed by atoms with van der Waals surface area (Å²) in [5.41, 5.74) is 2.74. The summed E-state index contributed by atoms with van der Waals surface area (Å²) in [6.07, 6.45) is 1.54. The van der Waals surface area contributed by atoms with Crippen molar-refractivity contribution in [3.63, 3.8) is 0 Å². The molecule has 0 bridgehead atoms. The maximum Gasteiger partial charge on any atom is 0.275 e. The number of carbonyl (C=O) groups is 1. The third-order valence-corrected chi connectivity index (χ3v) is 3.50. The number of carbonyl (C=O) groups excluding carboxylic acids is 1. The van der Waals surface area contributed by atoms with Crippen LogP contribution in [0.4, 0.5) is 4.39 Å². The average molecular weight is 310 g/mol. The highest BCUT2D eigenvalue weighted by Crippen LogP contribution is 2.21. The molecule has 0 atom stereocenters. The van der Waals surface area contributed by atoms with Gasteiger partial charge in [-0.15, -0.1) is 0 Å². The molecule has 4 nitrogen and oxygen atoms in total. The van der Waals surface area contributed by atoms with Gasteiger partial charge in [0, 0.05) is 5.56 Å². The smallest absolute Gasteiger partial charge is 0.275 e. The molecule has 0 radical (unpaired) electrons. The largest absolute Gasteiger partial charge is 0.494 e. The number of nitrogens with one attached hydrogen (secondary N) is 1. The van der Waals surface area contributed by atoms with Gasteiger partial charge in [-0.05, 0) is 30.7 Å². The second-order valence-electron chi connectivity index (χ2n) is 5.20. The molecule has 0 saturated heterocycles. The number of ether oxygens (including phenoxy) is 1. The van der Waals surface area contributed by atoms with E-state index in [9.17, 15) is 9.18 Å². The fourth-order valence-electron chi connectivity index (χ4n) is 2.25. The van der Waals surface area contributed by atoms with E-state index in [1.165, 1.54) is 19.2 Å². The van der Waals surface area contributed by atoms with E-state index in [2.05, 4.69) is 10.3 Å². The molecule has 2 aromatic carbocycles. The van der Waals surface area contributed by atoms with Gasteiger partial charge in [0.1, 0.15) is 11.5 Å². The van der Waals surface area contributed by atoms with Crippen molar-refractivity contribution in [3.05, 3.63) is 70.7 Å². The van der Waals surface area contributed by atoms with Crippen LogP contribution in [0.2, 0.25) is 0 Å². The van der Waals surface area contributed by atoms with Crippen molar-refractivity contribution < 1.29 is 13.9 Å². The molecule has 1 amide bonds. The zero-order valence-electron chi connectivity index (χ0n) is 12.8. The minimum absolute atomic E-state index is 0.159. The predicted molar refractivity (Wildman–Crippen MR) is 86.8 cm³/mol. The van der Waals surface area contributed by atoms with Crippen LogP contribution in [0, 0.1) is 12.7 Å². The molecule has 0 spiro atoms. The second-order valence-corrected chi connectivity index (χ2v) is 5.20. The van der Waals surface area contributed by atoms with Crippen LogP contribution in [0.3, 0.4) is 0 Å². The van der Waals surface area contributed by atoms with Crippen LogP contribution in [-0.4, -0.2) is 18.9 Å². The summed E-state index contributed by atoms with van der Waals surface area (Å²) in [5, 5.41) is 2.72. The van der Waals surface area contributed by atoms with Gasteiger partial charge in [0.2, 0.25) is 0 Å². The van der Waals surface area contributed by atoms with Gasteiger partial charge in [0.05, 0.1) is 7.11 Å². The Labute approximate surface area is 133 Å². The Morgan fingerprint density at radius 1 is 1.17 bits per heavy atom. The first-order valence-electron chi connectivity index (χ1n) is 7.09. The monoisotopic (exact) mass is 310 g/mol. The molecule has 5 heteroatoms. The van der Waals surface area contributed by atoms with Crippen molar-refractivity contribution >= 4 is 17.8 Å². The normalized spacial score (nSPS) is 15.5. The Morgan fingerprint density at radius 3 is 2.57 bits per heavy atom. The predicted octanol–water partition coefficient (Wildman–Crippen LogP) is 3.06. The van der Waals surface area contributed by atoms with E-state index in [1.807, 2.05) is 31.2 Å². The van der Waals surface area contributed by atoms with Crippen molar-refractivity contribution in [2.45, 2.75) is 6.92 Å². The molecule has 23 heavy (non-hydrogen) atoms. The lowest BCUT2D eigenvalue weighted by molar-refractivity contribution is -0.115. The molecule has 0 aromatic heterocycles. The van der Waals surface area contributed by atoms with Gasteiger partial charge in [-0.1, -0.05) is 35.9 Å². The molecule has 0 saturated carbocycles. The summed E-state index contributed by atoms with van der Waals surface area (Å²) in [7, 11) is 1.40. The van der Waals surface area contributed by atoms with Gasteiger partial charge < -0.3 is 10.1 Å². The van der Waals surface area contributed by atoms with Crippen LogP contribution in [0.1, 0.15) is 16.7 Å². The highest BCUT2D eigenvalue weighted by molar-refractivity contribution is 6.19. The summed E-state index contributed by atoms with van der Waals surface area (Å²) in [5.74, 6) is -0.137. The molecular weight excluding hydrogens is 295 g/mol. The van der Waals surface area contributed by atoms with Crippen molar-refractivity contribution in [2.75, 3.05) is 7.11 Å². The minimum Gasteiger partial charge on any atom is -0.494 e. The fraction of sp³-hybridized carbons (Fsp3) is 0.111. The Balaban J connectivity index is 1.91. The molecule has 116 valence electrons. The van der Waals surface area contributed by atoms with E-state index in [1.54, 1.807) is 12.1 Å². The van der Waals surface area contributed by atoms with E-state index in [0.29, 0.717) is 11.4 Å². The highest BCUT2D eigenvalue weighted by Gasteiger charge is 2.21. The molecule has 1 N–H and O–H groups in total. The molecule has 1 aliphatic heterocycles. The Morgan fingerprint density at radius 2 is 1.91 bits per heavy atom. The van der Waals surface area contributed by atoms with Gasteiger partial charge in [0.25, 0.3) is 5.91 Å². The number of halogens is 1. The summed E-state index contributed by atoms with van der Waals surface area (Å²) < 4.78 is 18.6. The van der Waals surface area contributed by atoms with E-state index in [-0.39, 0.29) is 17.4 Å².